The van der Waals surface area contributed by atoms with Gasteiger partial charge >= 0.3 is 0 Å². The van der Waals surface area contributed by atoms with Crippen LogP contribution in [-0.4, -0.2) is 27.2 Å². The molecule has 2 aromatic rings. The van der Waals surface area contributed by atoms with E-state index >= 15 is 0 Å². The van der Waals surface area contributed by atoms with Gasteiger partial charge in [-0.25, -0.2) is 9.37 Å². The summed E-state index contributed by atoms with van der Waals surface area (Å²) in [5.74, 6) is -1.35. The Kier molecular flexibility index (Phi) is 7.28. The monoisotopic (exact) mass is 391 g/mol. The van der Waals surface area contributed by atoms with Crippen LogP contribution in [0.25, 0.3) is 0 Å². The van der Waals surface area contributed by atoms with E-state index in [0.717, 1.165) is 0 Å². The molecule has 1 aliphatic heterocycles. The standard InChI is InChI=1S/C18H20FN3O4.C2H6/c1-3-13-16-21-14(15(23)18(25)22(16)6-7-26-13)17(24)20-9-11-4-5-12(19)10(2)8-11;1-2/h4-5,8,13,23H,3,6-7,9H2,1-2H3,(H,20,24);1-2H3. The third kappa shape index (κ3) is 4.39. The molecule has 0 bridgehead atoms. The maximum atomic E-state index is 13.3. The second-order valence-corrected chi connectivity index (χ2v) is 6.16. The quantitative estimate of drug-likeness (QED) is 0.836. The highest BCUT2D eigenvalue weighted by atomic mass is 19.1. The Morgan fingerprint density at radius 1 is 1.43 bits per heavy atom. The maximum absolute atomic E-state index is 13.3. The summed E-state index contributed by atoms with van der Waals surface area (Å²) in [6.07, 6.45) is 0.191. The number of rotatable bonds is 4. The molecule has 28 heavy (non-hydrogen) atoms. The molecule has 1 aliphatic rings. The van der Waals surface area contributed by atoms with E-state index in [9.17, 15) is 19.1 Å². The first-order valence-corrected chi connectivity index (χ1v) is 9.41. The van der Waals surface area contributed by atoms with Gasteiger partial charge in [-0.05, 0) is 30.5 Å². The normalized spacial score (nSPS) is 15.2. The van der Waals surface area contributed by atoms with Crippen LogP contribution in [0.2, 0.25) is 0 Å². The van der Waals surface area contributed by atoms with Gasteiger partial charge in [0.2, 0.25) is 5.75 Å². The fourth-order valence-electron chi connectivity index (χ4n) is 2.93. The molecule has 0 saturated heterocycles. The molecule has 0 spiro atoms. The van der Waals surface area contributed by atoms with E-state index in [-0.39, 0.29) is 24.6 Å². The average molecular weight is 391 g/mol. The van der Waals surface area contributed by atoms with Crippen molar-refractivity contribution in [2.75, 3.05) is 6.61 Å². The summed E-state index contributed by atoms with van der Waals surface area (Å²) in [6, 6.07) is 4.49. The first-order valence-electron chi connectivity index (χ1n) is 9.41. The van der Waals surface area contributed by atoms with Crippen molar-refractivity contribution in [3.05, 3.63) is 57.0 Å². The van der Waals surface area contributed by atoms with Gasteiger partial charge in [-0.1, -0.05) is 32.9 Å². The molecular weight excluding hydrogens is 365 g/mol. The molecule has 7 nitrogen and oxygen atoms in total. The van der Waals surface area contributed by atoms with Crippen LogP contribution in [0.15, 0.2) is 23.0 Å². The number of aryl methyl sites for hydroxylation is 1. The number of fused-ring (bicyclic) bond motifs is 1. The summed E-state index contributed by atoms with van der Waals surface area (Å²) in [4.78, 5) is 29.0. The Labute approximate surface area is 163 Å². The van der Waals surface area contributed by atoms with Crippen LogP contribution in [0.5, 0.6) is 5.75 Å². The zero-order chi connectivity index (χ0) is 20.8. The van der Waals surface area contributed by atoms with Crippen molar-refractivity contribution in [1.29, 1.82) is 0 Å². The van der Waals surface area contributed by atoms with Crippen molar-refractivity contribution in [1.82, 2.24) is 14.9 Å². The number of aromatic nitrogens is 2. The lowest BCUT2D eigenvalue weighted by Crippen LogP contribution is -2.36. The van der Waals surface area contributed by atoms with Crippen LogP contribution < -0.4 is 10.9 Å². The van der Waals surface area contributed by atoms with Crippen molar-refractivity contribution in [3.8, 4) is 5.75 Å². The fraction of sp³-hybridized carbons (Fsp3) is 0.450. The van der Waals surface area contributed by atoms with Gasteiger partial charge in [-0.3, -0.25) is 14.2 Å². The van der Waals surface area contributed by atoms with Gasteiger partial charge in [-0.15, -0.1) is 0 Å². The molecule has 1 aromatic heterocycles. The van der Waals surface area contributed by atoms with Crippen LogP contribution in [0.1, 0.15) is 60.7 Å². The molecule has 0 saturated carbocycles. The Morgan fingerprint density at radius 2 is 2.14 bits per heavy atom. The number of halogens is 1. The van der Waals surface area contributed by atoms with E-state index < -0.39 is 23.3 Å². The Morgan fingerprint density at radius 3 is 2.79 bits per heavy atom. The largest absolute Gasteiger partial charge is 0.501 e. The highest BCUT2D eigenvalue weighted by Gasteiger charge is 2.27. The van der Waals surface area contributed by atoms with Gasteiger partial charge in [0, 0.05) is 6.54 Å². The van der Waals surface area contributed by atoms with Crippen LogP contribution in [0.3, 0.4) is 0 Å². The minimum atomic E-state index is -0.682. The van der Waals surface area contributed by atoms with E-state index in [4.69, 9.17) is 4.74 Å². The number of nitrogens with one attached hydrogen (secondary N) is 1. The van der Waals surface area contributed by atoms with Crippen LogP contribution >= 0.6 is 0 Å². The number of amides is 1. The van der Waals surface area contributed by atoms with Gasteiger partial charge in [0.1, 0.15) is 17.7 Å². The molecule has 1 atom stereocenters. The SMILES string of the molecule is CC.CCC1OCCn2c1nc(C(=O)NCc1ccc(F)c(C)c1)c(O)c2=O. The number of carbonyl (C=O) groups excluding carboxylic acids is 1. The van der Waals surface area contributed by atoms with E-state index in [1.165, 1.54) is 10.6 Å². The van der Waals surface area contributed by atoms with E-state index in [1.807, 2.05) is 20.8 Å². The van der Waals surface area contributed by atoms with Crippen molar-refractivity contribution in [3.63, 3.8) is 0 Å². The maximum Gasteiger partial charge on any atom is 0.296 e. The van der Waals surface area contributed by atoms with E-state index in [1.54, 1.807) is 19.1 Å². The Hall–Kier alpha value is -2.74. The number of ether oxygens (including phenoxy) is 1. The number of hydrogen-bond donors (Lipinski definition) is 2. The molecule has 0 radical (unpaired) electrons. The van der Waals surface area contributed by atoms with Gasteiger partial charge in [-0.2, -0.15) is 0 Å². The second kappa shape index (κ2) is 9.45. The van der Waals surface area contributed by atoms with Crippen LogP contribution in [0, 0.1) is 12.7 Å². The molecule has 2 N–H and O–H groups in total. The lowest BCUT2D eigenvalue weighted by atomic mass is 10.1. The Bertz CT molecular complexity index is 911. The molecule has 0 aliphatic carbocycles. The molecule has 152 valence electrons. The minimum Gasteiger partial charge on any atom is -0.501 e. The van der Waals surface area contributed by atoms with Crippen molar-refractivity contribution >= 4 is 5.91 Å². The summed E-state index contributed by atoms with van der Waals surface area (Å²) in [5.41, 5.74) is 0.178. The summed E-state index contributed by atoms with van der Waals surface area (Å²) in [5, 5.41) is 12.7. The lowest BCUT2D eigenvalue weighted by Gasteiger charge is -2.26. The molecule has 2 heterocycles. The molecule has 1 amide bonds. The topological polar surface area (TPSA) is 93.5 Å². The summed E-state index contributed by atoms with van der Waals surface area (Å²) >= 11 is 0. The molecular formula is C20H26FN3O4. The summed E-state index contributed by atoms with van der Waals surface area (Å²) in [6.45, 7) is 8.26. The smallest absolute Gasteiger partial charge is 0.296 e. The van der Waals surface area contributed by atoms with Gasteiger partial charge in [0.25, 0.3) is 11.5 Å². The van der Waals surface area contributed by atoms with Crippen LogP contribution in [-0.2, 0) is 17.8 Å². The number of nitrogens with zero attached hydrogens (tertiary/aromatic N) is 2. The van der Waals surface area contributed by atoms with Gasteiger partial charge < -0.3 is 15.2 Å². The zero-order valence-corrected chi connectivity index (χ0v) is 16.6. The third-order valence-corrected chi connectivity index (χ3v) is 4.36. The van der Waals surface area contributed by atoms with Gasteiger partial charge in [0.15, 0.2) is 5.69 Å². The molecule has 1 aromatic carbocycles. The Balaban J connectivity index is 0.00000136. The predicted octanol–water partition coefficient (Wildman–Crippen LogP) is 2.83. The van der Waals surface area contributed by atoms with E-state index in [2.05, 4.69) is 10.3 Å². The fourth-order valence-corrected chi connectivity index (χ4v) is 2.93. The van der Waals surface area contributed by atoms with Crippen molar-refractivity contribution in [2.45, 2.75) is 53.3 Å². The molecule has 1 unspecified atom stereocenters. The van der Waals surface area contributed by atoms with E-state index in [0.29, 0.717) is 30.0 Å². The average Bonchev–Trinajstić information content (AvgIpc) is 2.72. The highest BCUT2D eigenvalue weighted by Crippen LogP contribution is 2.24. The van der Waals surface area contributed by atoms with Crippen molar-refractivity contribution in [2.24, 2.45) is 0 Å². The third-order valence-electron chi connectivity index (χ3n) is 4.36. The second-order valence-electron chi connectivity index (χ2n) is 6.16. The van der Waals surface area contributed by atoms with Crippen molar-refractivity contribution < 1.29 is 19.0 Å². The predicted molar refractivity (Wildman–Crippen MR) is 103 cm³/mol. The zero-order valence-electron chi connectivity index (χ0n) is 16.6. The minimum absolute atomic E-state index is 0.118. The van der Waals surface area contributed by atoms with Crippen LogP contribution in [0.4, 0.5) is 4.39 Å². The van der Waals surface area contributed by atoms with Gasteiger partial charge in [0.05, 0.1) is 13.2 Å². The highest BCUT2D eigenvalue weighted by molar-refractivity contribution is 5.94. The summed E-state index contributed by atoms with van der Waals surface area (Å²) < 4.78 is 20.2. The first-order chi connectivity index (χ1) is 13.4. The molecule has 0 fully saturated rings. The molecule has 3 rings (SSSR count). The lowest BCUT2D eigenvalue weighted by molar-refractivity contribution is 0.0113. The number of aromatic hydroxyl groups is 1. The number of hydrogen-bond acceptors (Lipinski definition) is 5. The first kappa shape index (κ1) is 21.6. The molecule has 8 heteroatoms. The number of benzene rings is 1. The summed E-state index contributed by atoms with van der Waals surface area (Å²) in [7, 11) is 0. The number of carbonyl (C=O) groups is 1.